The molecule has 5 N–H and O–H groups in total. The third-order valence-electron chi connectivity index (χ3n) is 6.08. The highest BCUT2D eigenvalue weighted by Gasteiger charge is 2.22. The minimum atomic E-state index is -1.16. The number of nitrogens with one attached hydrogen (secondary N) is 4. The topological polar surface area (TPSA) is 163 Å². The molecule has 0 aliphatic carbocycles. The second-order valence-corrected chi connectivity index (χ2v) is 9.70. The van der Waals surface area contributed by atoms with Crippen LogP contribution in [0.15, 0.2) is 79.1 Å². The van der Waals surface area contributed by atoms with Gasteiger partial charge in [-0.15, -0.1) is 5.10 Å². The summed E-state index contributed by atoms with van der Waals surface area (Å²) in [4.78, 5) is 31.8. The molecule has 0 radical (unpaired) electrons. The zero-order valence-electron chi connectivity index (χ0n) is 21.3. The molecule has 5 aromatic rings. The van der Waals surface area contributed by atoms with E-state index in [1.54, 1.807) is 42.5 Å². The van der Waals surface area contributed by atoms with Gasteiger partial charge in [-0.25, -0.2) is 19.3 Å². The lowest BCUT2D eigenvalue weighted by Crippen LogP contribution is -2.39. The van der Waals surface area contributed by atoms with E-state index < -0.39 is 18.2 Å². The lowest BCUT2D eigenvalue weighted by atomic mass is 10.1. The van der Waals surface area contributed by atoms with Gasteiger partial charge in [0.1, 0.15) is 23.0 Å². The highest BCUT2D eigenvalue weighted by molar-refractivity contribution is 6.32. The zero-order chi connectivity index (χ0) is 28.8. The fraction of sp³-hybridized carbons (Fsp3) is 0.111. The number of amides is 3. The van der Waals surface area contributed by atoms with Crippen LogP contribution in [0.4, 0.5) is 15.3 Å². The molecule has 12 nitrogen and oxygen atoms in total. The van der Waals surface area contributed by atoms with Gasteiger partial charge in [0, 0.05) is 22.8 Å². The van der Waals surface area contributed by atoms with Gasteiger partial charge in [0.25, 0.3) is 0 Å². The van der Waals surface area contributed by atoms with Crippen LogP contribution in [0, 0.1) is 0 Å². The summed E-state index contributed by atoms with van der Waals surface area (Å²) < 4.78 is 1.49. The molecule has 1 unspecified atom stereocenters. The molecule has 3 amide bonds. The fourth-order valence-corrected chi connectivity index (χ4v) is 4.64. The largest absolute Gasteiger partial charge is 0.465 e. The number of benzene rings is 3. The normalized spacial score (nSPS) is 11.6. The Morgan fingerprint density at radius 2 is 1.80 bits per heavy atom. The summed E-state index contributed by atoms with van der Waals surface area (Å²) in [5.41, 5.74) is 3.92. The van der Waals surface area contributed by atoms with Crippen molar-refractivity contribution in [2.45, 2.75) is 19.0 Å². The summed E-state index contributed by atoms with van der Waals surface area (Å²) in [6.07, 6.45) is 0.733. The van der Waals surface area contributed by atoms with Crippen LogP contribution in [0.25, 0.3) is 16.9 Å². The average Bonchev–Trinajstić information content (AvgIpc) is 3.63. The molecule has 5 rings (SSSR count). The average molecular weight is 592 g/mol. The molecule has 0 spiro atoms. The van der Waals surface area contributed by atoms with E-state index in [0.29, 0.717) is 45.5 Å². The Balaban J connectivity index is 1.35. The van der Waals surface area contributed by atoms with Crippen molar-refractivity contribution in [2.24, 2.45) is 0 Å². The van der Waals surface area contributed by atoms with Crippen LogP contribution in [-0.2, 0) is 13.0 Å². The number of H-pyrrole nitrogens is 1. The molecular weight excluding hydrogens is 569 g/mol. The first-order valence-electron chi connectivity index (χ1n) is 12.3. The van der Waals surface area contributed by atoms with E-state index in [-0.39, 0.29) is 11.7 Å². The molecule has 0 aliphatic rings. The summed E-state index contributed by atoms with van der Waals surface area (Å²) >= 11 is 12.7. The van der Waals surface area contributed by atoms with Crippen molar-refractivity contribution in [3.8, 4) is 16.9 Å². The van der Waals surface area contributed by atoms with Gasteiger partial charge < -0.3 is 20.7 Å². The molecule has 14 heteroatoms. The highest BCUT2D eigenvalue weighted by atomic mass is 35.5. The summed E-state index contributed by atoms with van der Waals surface area (Å²) in [5.74, 6) is 0.453. The monoisotopic (exact) mass is 591 g/mol. The summed E-state index contributed by atoms with van der Waals surface area (Å²) in [5, 5.41) is 29.1. The molecule has 0 saturated carbocycles. The predicted octanol–water partition coefficient (Wildman–Crippen LogP) is 5.23. The number of carboxylic acid groups (broad SMARTS) is 1. The summed E-state index contributed by atoms with van der Waals surface area (Å²) in [7, 11) is 0. The lowest BCUT2D eigenvalue weighted by molar-refractivity contribution is 0.209. The van der Waals surface area contributed by atoms with Crippen molar-refractivity contribution in [1.29, 1.82) is 0 Å². The van der Waals surface area contributed by atoms with E-state index in [1.807, 2.05) is 30.3 Å². The van der Waals surface area contributed by atoms with Crippen molar-refractivity contribution in [3.05, 3.63) is 106 Å². The van der Waals surface area contributed by atoms with E-state index in [1.165, 1.54) is 11.0 Å². The van der Waals surface area contributed by atoms with Crippen molar-refractivity contribution >= 4 is 41.0 Å². The molecular formula is C27H23Cl2N9O3. The van der Waals surface area contributed by atoms with Crippen LogP contribution in [0.3, 0.4) is 0 Å². The summed E-state index contributed by atoms with van der Waals surface area (Å²) in [6, 6.07) is 20.5. The maximum absolute atomic E-state index is 13.1. The molecule has 0 bridgehead atoms. The maximum atomic E-state index is 13.1. The number of aromatic nitrogens is 6. The number of hydrogen-bond acceptors (Lipinski definition) is 6. The Morgan fingerprint density at radius 3 is 2.51 bits per heavy atom. The van der Waals surface area contributed by atoms with Crippen LogP contribution in [0.1, 0.15) is 23.0 Å². The molecule has 1 atom stereocenters. The van der Waals surface area contributed by atoms with Gasteiger partial charge in [0.05, 0.1) is 11.7 Å². The van der Waals surface area contributed by atoms with E-state index >= 15 is 0 Å². The molecule has 208 valence electrons. The van der Waals surface area contributed by atoms with Crippen LogP contribution >= 0.6 is 23.2 Å². The van der Waals surface area contributed by atoms with Gasteiger partial charge in [-0.1, -0.05) is 65.7 Å². The standard InChI is InChI=1S/C27H23Cl2N9O3/c28-19-8-11-22(38-15-31-36-37-38)18(13-19)14-30-26(39)33-21(12-16-4-2-1-3-5-16)25-34-23(24(29)35-25)17-6-9-20(10-7-17)32-27(40)41/h1-11,13,15,21,32H,12,14H2,(H,34,35)(H,40,41)(H2,30,33,39). The van der Waals surface area contributed by atoms with Crippen molar-refractivity contribution in [2.75, 3.05) is 5.32 Å². The second-order valence-electron chi connectivity index (χ2n) is 8.89. The number of imidazole rings is 1. The second kappa shape index (κ2) is 12.5. The van der Waals surface area contributed by atoms with Crippen LogP contribution in [-0.4, -0.2) is 47.4 Å². The number of aromatic amines is 1. The van der Waals surface area contributed by atoms with Gasteiger partial charge in [-0.05, 0) is 58.3 Å². The first-order chi connectivity index (χ1) is 19.9. The number of tetrazole rings is 1. The third-order valence-corrected chi connectivity index (χ3v) is 6.59. The van der Waals surface area contributed by atoms with E-state index in [0.717, 1.165) is 5.56 Å². The molecule has 2 heterocycles. The van der Waals surface area contributed by atoms with Gasteiger partial charge in [-0.3, -0.25) is 5.32 Å². The zero-order valence-corrected chi connectivity index (χ0v) is 22.8. The first-order valence-corrected chi connectivity index (χ1v) is 13.1. The predicted molar refractivity (Wildman–Crippen MR) is 153 cm³/mol. The highest BCUT2D eigenvalue weighted by Crippen LogP contribution is 2.29. The number of anilines is 1. The molecule has 0 saturated heterocycles. The third kappa shape index (κ3) is 6.99. The Labute approximate surface area is 243 Å². The lowest BCUT2D eigenvalue weighted by Gasteiger charge is -2.18. The minimum absolute atomic E-state index is 0.153. The minimum Gasteiger partial charge on any atom is -0.465 e. The number of carbonyl (C=O) groups excluding carboxylic acids is 1. The number of nitrogens with zero attached hydrogens (tertiary/aromatic N) is 5. The SMILES string of the molecule is O=C(O)Nc1ccc(-c2nc(C(Cc3ccccc3)NC(=O)NCc3cc(Cl)ccc3-n3cnnn3)[nH]c2Cl)cc1. The van der Waals surface area contributed by atoms with E-state index in [4.69, 9.17) is 28.3 Å². The fourth-order valence-electron chi connectivity index (χ4n) is 4.20. The Hall–Kier alpha value is -4.94. The quantitative estimate of drug-likeness (QED) is 0.156. The van der Waals surface area contributed by atoms with Crippen molar-refractivity contribution < 1.29 is 14.7 Å². The first kappa shape index (κ1) is 27.6. The number of rotatable bonds is 9. The number of hydrogen-bond donors (Lipinski definition) is 5. The van der Waals surface area contributed by atoms with Crippen molar-refractivity contribution in [1.82, 2.24) is 40.8 Å². The van der Waals surface area contributed by atoms with Crippen molar-refractivity contribution in [3.63, 3.8) is 0 Å². The van der Waals surface area contributed by atoms with Gasteiger partial charge >= 0.3 is 12.1 Å². The number of urea groups is 1. The molecule has 3 aromatic carbocycles. The molecule has 0 aliphatic heterocycles. The van der Waals surface area contributed by atoms with Gasteiger partial charge in [-0.2, -0.15) is 0 Å². The Kier molecular flexibility index (Phi) is 8.42. The van der Waals surface area contributed by atoms with E-state index in [2.05, 4.69) is 41.4 Å². The number of halogens is 2. The van der Waals surface area contributed by atoms with Gasteiger partial charge in [0.15, 0.2) is 0 Å². The van der Waals surface area contributed by atoms with E-state index in [9.17, 15) is 9.59 Å². The maximum Gasteiger partial charge on any atom is 0.409 e. The molecule has 41 heavy (non-hydrogen) atoms. The number of carbonyl (C=O) groups is 2. The molecule has 0 fully saturated rings. The van der Waals surface area contributed by atoms with Crippen LogP contribution in [0.5, 0.6) is 0 Å². The molecule has 2 aromatic heterocycles. The summed E-state index contributed by atoms with van der Waals surface area (Å²) in [6.45, 7) is 0.153. The Morgan fingerprint density at radius 1 is 1.02 bits per heavy atom. The smallest absolute Gasteiger partial charge is 0.409 e. The Bertz CT molecular complexity index is 1640. The van der Waals surface area contributed by atoms with Crippen LogP contribution < -0.4 is 16.0 Å². The van der Waals surface area contributed by atoms with Crippen LogP contribution in [0.2, 0.25) is 10.2 Å². The van der Waals surface area contributed by atoms with Gasteiger partial charge in [0.2, 0.25) is 0 Å².